The van der Waals surface area contributed by atoms with Crippen molar-refractivity contribution in [2.24, 2.45) is 10.7 Å². The Labute approximate surface area is 78.4 Å². The summed E-state index contributed by atoms with van der Waals surface area (Å²) in [6.07, 6.45) is 2.77. The molecular weight excluding hydrogens is 199 g/mol. The van der Waals surface area contributed by atoms with Gasteiger partial charge in [-0.25, -0.2) is 4.39 Å². The molecule has 1 aliphatic heterocycles. The highest BCUT2D eigenvalue weighted by atomic mass is 35.5. The largest absolute Gasteiger partial charge is 0.379 e. The first-order chi connectivity index (χ1) is 5.66. The summed E-state index contributed by atoms with van der Waals surface area (Å²) >= 11 is 7.13. The smallest absolute Gasteiger partial charge is 0.155 e. The first-order valence-electron chi connectivity index (χ1n) is 3.41. The number of thioether (sulfide) groups is 1. The zero-order valence-corrected chi connectivity index (χ0v) is 7.57. The van der Waals surface area contributed by atoms with Crippen LogP contribution >= 0.6 is 23.4 Å². The standard InChI is InChI=1S/C7H6ClFN2S/c8-4-1-3(9)2-5-6(4)11-7(10)12-5/h1-2,5-6H,(H2,10,11). The van der Waals surface area contributed by atoms with Crippen molar-refractivity contribution in [3.05, 3.63) is 23.0 Å². The highest BCUT2D eigenvalue weighted by Crippen LogP contribution is 2.36. The Morgan fingerprint density at radius 3 is 3.17 bits per heavy atom. The van der Waals surface area contributed by atoms with Crippen molar-refractivity contribution in [3.63, 3.8) is 0 Å². The Bertz CT molecular complexity index is 311. The van der Waals surface area contributed by atoms with E-state index in [1.165, 1.54) is 23.9 Å². The van der Waals surface area contributed by atoms with Gasteiger partial charge in [0.1, 0.15) is 11.9 Å². The minimum atomic E-state index is -0.307. The van der Waals surface area contributed by atoms with Gasteiger partial charge >= 0.3 is 0 Å². The van der Waals surface area contributed by atoms with Crippen molar-refractivity contribution in [1.82, 2.24) is 0 Å². The molecular formula is C7H6ClFN2S. The van der Waals surface area contributed by atoms with Crippen LogP contribution in [-0.4, -0.2) is 16.5 Å². The minimum absolute atomic E-state index is 0.0532. The molecule has 1 aliphatic carbocycles. The third-order valence-corrected chi connectivity index (χ3v) is 3.06. The molecule has 2 rings (SSSR count). The van der Waals surface area contributed by atoms with Gasteiger partial charge in [-0.2, -0.15) is 0 Å². The molecule has 0 amide bonds. The fourth-order valence-electron chi connectivity index (χ4n) is 1.21. The molecule has 5 heteroatoms. The van der Waals surface area contributed by atoms with E-state index in [-0.39, 0.29) is 17.1 Å². The number of allylic oxidation sites excluding steroid dienone is 2. The van der Waals surface area contributed by atoms with Crippen LogP contribution in [0.3, 0.4) is 0 Å². The monoisotopic (exact) mass is 204 g/mol. The summed E-state index contributed by atoms with van der Waals surface area (Å²) in [5.41, 5.74) is 5.48. The molecule has 64 valence electrons. The number of hydrogen-bond donors (Lipinski definition) is 1. The average Bonchev–Trinajstić information content (AvgIpc) is 2.29. The van der Waals surface area contributed by atoms with Crippen molar-refractivity contribution >= 4 is 28.5 Å². The van der Waals surface area contributed by atoms with Crippen LogP contribution in [0.1, 0.15) is 0 Å². The highest BCUT2D eigenvalue weighted by Gasteiger charge is 2.32. The molecule has 2 unspecified atom stereocenters. The van der Waals surface area contributed by atoms with Crippen LogP contribution < -0.4 is 5.73 Å². The summed E-state index contributed by atoms with van der Waals surface area (Å²) in [6, 6.07) is -0.170. The molecule has 0 radical (unpaired) electrons. The van der Waals surface area contributed by atoms with E-state index in [0.29, 0.717) is 10.2 Å². The lowest BCUT2D eigenvalue weighted by molar-refractivity contribution is 0.644. The molecule has 12 heavy (non-hydrogen) atoms. The van der Waals surface area contributed by atoms with E-state index in [1.54, 1.807) is 0 Å². The van der Waals surface area contributed by atoms with E-state index in [4.69, 9.17) is 17.3 Å². The summed E-state index contributed by atoms with van der Waals surface area (Å²) in [4.78, 5) is 4.07. The third-order valence-electron chi connectivity index (χ3n) is 1.72. The van der Waals surface area contributed by atoms with Gasteiger partial charge in [-0.15, -0.1) is 0 Å². The van der Waals surface area contributed by atoms with Gasteiger partial charge in [0, 0.05) is 5.03 Å². The maximum atomic E-state index is 12.8. The molecule has 2 nitrogen and oxygen atoms in total. The number of rotatable bonds is 0. The van der Waals surface area contributed by atoms with Crippen LogP contribution in [0, 0.1) is 0 Å². The van der Waals surface area contributed by atoms with Crippen molar-refractivity contribution in [3.8, 4) is 0 Å². The van der Waals surface area contributed by atoms with Gasteiger partial charge in [-0.3, -0.25) is 4.99 Å². The Balaban J connectivity index is 2.33. The highest BCUT2D eigenvalue weighted by molar-refractivity contribution is 8.14. The van der Waals surface area contributed by atoms with E-state index in [9.17, 15) is 4.39 Å². The number of hydrogen-bond acceptors (Lipinski definition) is 3. The second kappa shape index (κ2) is 2.78. The van der Waals surface area contributed by atoms with Gasteiger partial charge in [0.15, 0.2) is 5.17 Å². The number of nitrogens with zero attached hydrogens (tertiary/aromatic N) is 1. The van der Waals surface area contributed by atoms with Crippen LogP contribution in [0.15, 0.2) is 28.0 Å². The predicted molar refractivity (Wildman–Crippen MR) is 49.9 cm³/mol. The molecule has 0 aromatic rings. The summed E-state index contributed by atoms with van der Waals surface area (Å²) in [7, 11) is 0. The lowest BCUT2D eigenvalue weighted by Gasteiger charge is -2.15. The number of halogens is 2. The van der Waals surface area contributed by atoms with E-state index < -0.39 is 0 Å². The molecule has 1 heterocycles. The summed E-state index contributed by atoms with van der Waals surface area (Å²) in [5.74, 6) is -0.307. The molecule has 2 atom stereocenters. The van der Waals surface area contributed by atoms with Crippen LogP contribution in [-0.2, 0) is 0 Å². The van der Waals surface area contributed by atoms with Crippen molar-refractivity contribution < 1.29 is 4.39 Å². The fourth-order valence-corrected chi connectivity index (χ4v) is 2.56. The molecule has 0 spiro atoms. The normalized spacial score (nSPS) is 33.7. The molecule has 0 aromatic heterocycles. The molecule has 2 aliphatic rings. The van der Waals surface area contributed by atoms with Gasteiger partial charge in [0.25, 0.3) is 0 Å². The number of fused-ring (bicyclic) bond motifs is 1. The first kappa shape index (κ1) is 8.13. The Kier molecular flexibility index (Phi) is 1.88. The fraction of sp³-hybridized carbons (Fsp3) is 0.286. The average molecular weight is 205 g/mol. The van der Waals surface area contributed by atoms with Gasteiger partial charge in [0.2, 0.25) is 0 Å². The van der Waals surface area contributed by atoms with Crippen LogP contribution in [0.25, 0.3) is 0 Å². The van der Waals surface area contributed by atoms with Gasteiger partial charge in [0.05, 0.1) is 5.25 Å². The van der Waals surface area contributed by atoms with E-state index >= 15 is 0 Å². The Morgan fingerprint density at radius 1 is 1.67 bits per heavy atom. The molecule has 0 saturated heterocycles. The predicted octanol–water partition coefficient (Wildman–Crippen LogP) is 1.77. The van der Waals surface area contributed by atoms with Crippen molar-refractivity contribution in [2.45, 2.75) is 11.3 Å². The maximum absolute atomic E-state index is 12.8. The molecule has 2 N–H and O–H groups in total. The molecule has 0 saturated carbocycles. The van der Waals surface area contributed by atoms with Crippen molar-refractivity contribution in [1.29, 1.82) is 0 Å². The molecule has 0 bridgehead atoms. The SMILES string of the molecule is NC1=NC2C(Cl)=CC(F)=CC2S1. The third kappa shape index (κ3) is 1.25. The minimum Gasteiger partial charge on any atom is -0.379 e. The van der Waals surface area contributed by atoms with Crippen LogP contribution in [0.2, 0.25) is 0 Å². The Morgan fingerprint density at radius 2 is 2.42 bits per heavy atom. The van der Waals surface area contributed by atoms with Gasteiger partial charge in [-0.05, 0) is 12.2 Å². The topological polar surface area (TPSA) is 38.4 Å². The molecule has 0 aromatic carbocycles. The summed E-state index contributed by atoms with van der Waals surface area (Å²) in [6.45, 7) is 0. The number of nitrogens with two attached hydrogens (primary N) is 1. The summed E-state index contributed by atoms with van der Waals surface area (Å²) < 4.78 is 12.8. The van der Waals surface area contributed by atoms with Crippen molar-refractivity contribution in [2.75, 3.05) is 0 Å². The summed E-state index contributed by atoms with van der Waals surface area (Å²) in [5, 5.41) is 0.845. The quantitative estimate of drug-likeness (QED) is 0.653. The lowest BCUT2D eigenvalue weighted by atomic mass is 10.1. The zero-order valence-electron chi connectivity index (χ0n) is 6.00. The van der Waals surface area contributed by atoms with E-state index in [2.05, 4.69) is 4.99 Å². The second-order valence-electron chi connectivity index (χ2n) is 2.58. The Hall–Kier alpha value is -0.480. The van der Waals surface area contributed by atoms with E-state index in [0.717, 1.165) is 0 Å². The lowest BCUT2D eigenvalue weighted by Crippen LogP contribution is -2.18. The number of aliphatic imine (C=N–C) groups is 1. The molecule has 0 fully saturated rings. The number of amidine groups is 1. The van der Waals surface area contributed by atoms with Crippen LogP contribution in [0.4, 0.5) is 4.39 Å². The first-order valence-corrected chi connectivity index (χ1v) is 4.67. The van der Waals surface area contributed by atoms with E-state index in [1.807, 2.05) is 0 Å². The zero-order chi connectivity index (χ0) is 8.72. The maximum Gasteiger partial charge on any atom is 0.155 e. The van der Waals surface area contributed by atoms with Gasteiger partial charge < -0.3 is 5.73 Å². The van der Waals surface area contributed by atoms with Crippen LogP contribution in [0.5, 0.6) is 0 Å². The van der Waals surface area contributed by atoms with Gasteiger partial charge in [-0.1, -0.05) is 23.4 Å². The second-order valence-corrected chi connectivity index (χ2v) is 4.21.